The largest absolute Gasteiger partial charge is 0.352 e. The molecule has 0 aromatic heterocycles. The third-order valence-electron chi connectivity index (χ3n) is 4.95. The number of hydrogen-bond donors (Lipinski definition) is 1. The van der Waals surface area contributed by atoms with Crippen molar-refractivity contribution in [2.24, 2.45) is 11.8 Å². The lowest BCUT2D eigenvalue weighted by Gasteiger charge is -2.19. The van der Waals surface area contributed by atoms with Crippen LogP contribution in [0.1, 0.15) is 51.4 Å². The minimum Gasteiger partial charge on any atom is -0.352 e. The highest BCUT2D eigenvalue weighted by Crippen LogP contribution is 2.37. The summed E-state index contributed by atoms with van der Waals surface area (Å²) in [6.45, 7) is -0.0822. The Morgan fingerprint density at radius 2 is 1.45 bits per heavy atom. The molecule has 3 fully saturated rings. The van der Waals surface area contributed by atoms with Crippen molar-refractivity contribution >= 4 is 17.7 Å². The maximum absolute atomic E-state index is 12.2. The Hall–Kier alpha value is -1.39. The summed E-state index contributed by atoms with van der Waals surface area (Å²) >= 11 is 0. The monoisotopic (exact) mass is 278 g/mol. The minimum atomic E-state index is -0.183. The Labute approximate surface area is 119 Å². The van der Waals surface area contributed by atoms with Gasteiger partial charge in [-0.3, -0.25) is 19.3 Å². The molecule has 2 atom stereocenters. The van der Waals surface area contributed by atoms with E-state index in [0.29, 0.717) is 0 Å². The molecule has 0 unspecified atom stereocenters. The summed E-state index contributed by atoms with van der Waals surface area (Å²) in [5.74, 6) is -0.745. The Balaban J connectivity index is 1.60. The van der Waals surface area contributed by atoms with Crippen LogP contribution in [0.4, 0.5) is 0 Å². The molecule has 1 N–H and O–H groups in total. The van der Waals surface area contributed by atoms with Crippen LogP contribution in [-0.4, -0.2) is 35.2 Å². The number of hydrogen-bond acceptors (Lipinski definition) is 3. The summed E-state index contributed by atoms with van der Waals surface area (Å²) < 4.78 is 0. The van der Waals surface area contributed by atoms with Gasteiger partial charge < -0.3 is 5.32 Å². The zero-order chi connectivity index (χ0) is 14.1. The zero-order valence-corrected chi connectivity index (χ0v) is 11.8. The predicted molar refractivity (Wildman–Crippen MR) is 72.6 cm³/mol. The van der Waals surface area contributed by atoms with Crippen molar-refractivity contribution in [3.05, 3.63) is 0 Å². The van der Waals surface area contributed by atoms with Crippen LogP contribution in [0.25, 0.3) is 0 Å². The molecule has 3 rings (SSSR count). The number of nitrogens with zero attached hydrogens (tertiary/aromatic N) is 1. The van der Waals surface area contributed by atoms with Crippen molar-refractivity contribution in [2.75, 3.05) is 6.54 Å². The summed E-state index contributed by atoms with van der Waals surface area (Å²) in [4.78, 5) is 37.7. The second-order valence-electron chi connectivity index (χ2n) is 6.31. The number of nitrogens with one attached hydrogen (secondary N) is 1. The van der Waals surface area contributed by atoms with Gasteiger partial charge in [-0.1, -0.05) is 25.7 Å². The molecule has 0 spiro atoms. The number of fused-ring (bicyclic) bond motifs is 1. The first-order chi connectivity index (χ1) is 9.66. The number of rotatable bonds is 3. The number of carbonyl (C=O) groups is 3. The van der Waals surface area contributed by atoms with Gasteiger partial charge in [0.25, 0.3) is 0 Å². The van der Waals surface area contributed by atoms with E-state index < -0.39 is 0 Å². The van der Waals surface area contributed by atoms with Gasteiger partial charge in [-0.05, 0) is 25.7 Å². The lowest BCUT2D eigenvalue weighted by Crippen LogP contribution is -2.43. The first-order valence-corrected chi connectivity index (χ1v) is 7.81. The SMILES string of the molecule is O=C(CN1C(=O)[C@H]2CCCC[C@@H]2C1=O)NC1CCCC1. The fraction of sp³-hybridized carbons (Fsp3) is 0.800. The number of likely N-dealkylation sites (tertiary alicyclic amines) is 1. The summed E-state index contributed by atoms with van der Waals surface area (Å²) in [5.41, 5.74) is 0. The molecular formula is C15H22N2O3. The fourth-order valence-corrected chi connectivity index (χ4v) is 3.87. The van der Waals surface area contributed by atoms with Gasteiger partial charge in [-0.2, -0.15) is 0 Å². The maximum atomic E-state index is 12.2. The second-order valence-corrected chi connectivity index (χ2v) is 6.31. The van der Waals surface area contributed by atoms with Gasteiger partial charge in [0, 0.05) is 6.04 Å². The molecule has 2 saturated carbocycles. The van der Waals surface area contributed by atoms with Gasteiger partial charge in [0.05, 0.1) is 11.8 Å². The number of carbonyl (C=O) groups excluding carboxylic acids is 3. The number of amides is 3. The molecule has 0 aromatic carbocycles. The van der Waals surface area contributed by atoms with E-state index in [9.17, 15) is 14.4 Å². The summed E-state index contributed by atoms with van der Waals surface area (Å²) in [5, 5.41) is 2.94. The van der Waals surface area contributed by atoms with Crippen LogP contribution < -0.4 is 5.32 Å². The van der Waals surface area contributed by atoms with E-state index in [0.717, 1.165) is 51.4 Å². The van der Waals surface area contributed by atoms with Gasteiger partial charge in [-0.25, -0.2) is 0 Å². The predicted octanol–water partition coefficient (Wildman–Crippen LogP) is 1.22. The third kappa shape index (κ3) is 2.45. The Morgan fingerprint density at radius 3 is 2.00 bits per heavy atom. The molecular weight excluding hydrogens is 256 g/mol. The van der Waals surface area contributed by atoms with Crippen LogP contribution in [0.5, 0.6) is 0 Å². The average molecular weight is 278 g/mol. The van der Waals surface area contributed by atoms with Gasteiger partial charge in [0.1, 0.15) is 6.54 Å². The topological polar surface area (TPSA) is 66.5 Å². The summed E-state index contributed by atoms with van der Waals surface area (Å²) in [6, 6.07) is 0.234. The normalized spacial score (nSPS) is 30.7. The highest BCUT2D eigenvalue weighted by molar-refractivity contribution is 6.07. The smallest absolute Gasteiger partial charge is 0.240 e. The van der Waals surface area contributed by atoms with Gasteiger partial charge in [0.15, 0.2) is 0 Å². The molecule has 0 radical (unpaired) electrons. The summed E-state index contributed by atoms with van der Waals surface area (Å²) in [6.07, 6.45) is 7.96. The quantitative estimate of drug-likeness (QED) is 0.789. The molecule has 110 valence electrons. The van der Waals surface area contributed by atoms with E-state index in [-0.39, 0.29) is 42.1 Å². The van der Waals surface area contributed by atoms with Gasteiger partial charge >= 0.3 is 0 Å². The van der Waals surface area contributed by atoms with Crippen molar-refractivity contribution < 1.29 is 14.4 Å². The first kappa shape index (κ1) is 13.6. The third-order valence-corrected chi connectivity index (χ3v) is 4.95. The molecule has 3 aliphatic rings. The summed E-state index contributed by atoms with van der Waals surface area (Å²) in [7, 11) is 0. The van der Waals surface area contributed by atoms with Crippen LogP contribution in [0.2, 0.25) is 0 Å². The Bertz CT molecular complexity index is 405. The van der Waals surface area contributed by atoms with Crippen LogP contribution in [0, 0.1) is 11.8 Å². The molecule has 2 aliphatic carbocycles. The van der Waals surface area contributed by atoms with E-state index in [1.165, 1.54) is 4.90 Å². The maximum Gasteiger partial charge on any atom is 0.240 e. The molecule has 1 aliphatic heterocycles. The highest BCUT2D eigenvalue weighted by Gasteiger charge is 2.48. The van der Waals surface area contributed by atoms with E-state index in [1.807, 2.05) is 0 Å². The molecule has 0 bridgehead atoms. The standard InChI is InChI=1S/C15H22N2O3/c18-13(16-10-5-1-2-6-10)9-17-14(19)11-7-3-4-8-12(11)15(17)20/h10-12H,1-9H2,(H,16,18)/t11-,12-/m0/s1. The fourth-order valence-electron chi connectivity index (χ4n) is 3.87. The average Bonchev–Trinajstić information content (AvgIpc) is 3.03. The van der Waals surface area contributed by atoms with Crippen molar-refractivity contribution in [1.82, 2.24) is 10.2 Å². The molecule has 3 amide bonds. The van der Waals surface area contributed by atoms with Crippen LogP contribution in [0.3, 0.4) is 0 Å². The molecule has 1 heterocycles. The zero-order valence-electron chi connectivity index (χ0n) is 11.8. The van der Waals surface area contributed by atoms with E-state index in [4.69, 9.17) is 0 Å². The Kier molecular flexibility index (Phi) is 3.76. The van der Waals surface area contributed by atoms with Crippen molar-refractivity contribution in [2.45, 2.75) is 57.4 Å². The van der Waals surface area contributed by atoms with Gasteiger partial charge in [-0.15, -0.1) is 0 Å². The lowest BCUT2D eigenvalue weighted by molar-refractivity contribution is -0.143. The van der Waals surface area contributed by atoms with Crippen LogP contribution in [0.15, 0.2) is 0 Å². The van der Waals surface area contributed by atoms with Gasteiger partial charge in [0.2, 0.25) is 17.7 Å². The van der Waals surface area contributed by atoms with Crippen LogP contribution in [-0.2, 0) is 14.4 Å². The highest BCUT2D eigenvalue weighted by atomic mass is 16.2. The number of imide groups is 1. The van der Waals surface area contributed by atoms with Crippen molar-refractivity contribution in [1.29, 1.82) is 0 Å². The Morgan fingerprint density at radius 1 is 0.950 bits per heavy atom. The van der Waals surface area contributed by atoms with Crippen molar-refractivity contribution in [3.63, 3.8) is 0 Å². The molecule has 0 aromatic rings. The molecule has 5 heteroatoms. The van der Waals surface area contributed by atoms with E-state index >= 15 is 0 Å². The first-order valence-electron chi connectivity index (χ1n) is 7.81. The lowest BCUT2D eigenvalue weighted by atomic mass is 9.81. The molecule has 20 heavy (non-hydrogen) atoms. The second kappa shape index (κ2) is 5.54. The van der Waals surface area contributed by atoms with Crippen molar-refractivity contribution in [3.8, 4) is 0 Å². The minimum absolute atomic E-state index is 0.0822. The molecule has 5 nitrogen and oxygen atoms in total. The van der Waals surface area contributed by atoms with E-state index in [1.54, 1.807) is 0 Å². The van der Waals surface area contributed by atoms with Crippen LogP contribution >= 0.6 is 0 Å². The molecule has 1 saturated heterocycles. The van der Waals surface area contributed by atoms with E-state index in [2.05, 4.69) is 5.32 Å².